The number of nitrogens with zero attached hydrogens (tertiary/aromatic N) is 3. The monoisotopic (exact) mass is 525 g/mol. The molecule has 1 aromatic heterocycles. The van der Waals surface area contributed by atoms with Crippen molar-refractivity contribution in [3.8, 4) is 0 Å². The van der Waals surface area contributed by atoms with Gasteiger partial charge in [0.25, 0.3) is 5.91 Å². The molecule has 0 aliphatic heterocycles. The fourth-order valence-electron chi connectivity index (χ4n) is 3.71. The fourth-order valence-corrected chi connectivity index (χ4v) is 4.11. The number of aromatic nitrogens is 1. The van der Waals surface area contributed by atoms with E-state index in [9.17, 15) is 9.59 Å². The third-order valence-corrected chi connectivity index (χ3v) is 6.07. The molecule has 0 radical (unpaired) electrons. The number of carbonyl (C=O) groups excluding carboxylic acids is 2. The number of hydrogen-bond donors (Lipinski definition) is 0. The number of ether oxygens (including phenoxy) is 1. The molecule has 0 saturated carbocycles. The minimum Gasteiger partial charge on any atom is -0.382 e. The fraction of sp³-hybridized carbons (Fsp3) is 0.333. The van der Waals surface area contributed by atoms with Crippen molar-refractivity contribution in [2.24, 2.45) is 7.05 Å². The van der Waals surface area contributed by atoms with E-state index in [0.717, 1.165) is 15.7 Å². The predicted octanol–water partition coefficient (Wildman–Crippen LogP) is 4.89. The van der Waals surface area contributed by atoms with E-state index in [1.54, 1.807) is 17.0 Å². The maximum Gasteiger partial charge on any atom is 0.254 e. The molecule has 0 bridgehead atoms. The smallest absolute Gasteiger partial charge is 0.254 e. The first-order chi connectivity index (χ1) is 16.5. The summed E-state index contributed by atoms with van der Waals surface area (Å²) in [5.41, 5.74) is 2.63. The molecular formula is C27H32BrN3O3. The molecule has 2 aromatic carbocycles. The first-order valence-electron chi connectivity index (χ1n) is 11.5. The Balaban J connectivity index is 1.80. The Morgan fingerprint density at radius 1 is 0.971 bits per heavy atom. The normalized spacial score (nSPS) is 10.8. The molecule has 180 valence electrons. The number of benzene rings is 2. The van der Waals surface area contributed by atoms with E-state index < -0.39 is 0 Å². The molecule has 1 heterocycles. The molecule has 0 N–H and O–H groups in total. The Bertz CT molecular complexity index is 1070. The highest BCUT2D eigenvalue weighted by Gasteiger charge is 2.23. The minimum absolute atomic E-state index is 0.00866. The average molecular weight is 526 g/mol. The lowest BCUT2D eigenvalue weighted by molar-refractivity contribution is -0.133. The Kier molecular flexibility index (Phi) is 9.91. The summed E-state index contributed by atoms with van der Waals surface area (Å²) in [6.07, 6.45) is 2.63. The summed E-state index contributed by atoms with van der Waals surface area (Å²) in [7, 11) is 1.97. The van der Waals surface area contributed by atoms with Gasteiger partial charge in [-0.1, -0.05) is 52.3 Å². The Morgan fingerprint density at radius 2 is 1.76 bits per heavy atom. The van der Waals surface area contributed by atoms with Crippen LogP contribution in [0.25, 0.3) is 0 Å². The van der Waals surface area contributed by atoms with Gasteiger partial charge in [-0.3, -0.25) is 9.59 Å². The highest BCUT2D eigenvalue weighted by Crippen LogP contribution is 2.16. The standard InChI is InChI=1S/C27H32BrN3O3/c1-3-34-17-9-16-30(27(33)23-12-7-13-24(28)18-23)21-26(32)31(19-22-10-5-4-6-11-22)20-25-14-8-15-29(25)2/h4-8,10-15,18H,3,9,16-17,19-21H2,1-2H3. The van der Waals surface area contributed by atoms with Crippen molar-refractivity contribution in [3.63, 3.8) is 0 Å². The highest BCUT2D eigenvalue weighted by atomic mass is 79.9. The van der Waals surface area contributed by atoms with Crippen LogP contribution in [0.5, 0.6) is 0 Å². The lowest BCUT2D eigenvalue weighted by atomic mass is 10.2. The zero-order chi connectivity index (χ0) is 24.3. The molecule has 0 atom stereocenters. The van der Waals surface area contributed by atoms with Crippen LogP contribution >= 0.6 is 15.9 Å². The van der Waals surface area contributed by atoms with E-state index >= 15 is 0 Å². The van der Waals surface area contributed by atoms with E-state index in [-0.39, 0.29) is 18.4 Å². The van der Waals surface area contributed by atoms with E-state index in [0.29, 0.717) is 44.8 Å². The number of amides is 2. The molecule has 3 rings (SSSR count). The maximum absolute atomic E-state index is 13.6. The minimum atomic E-state index is -0.162. The van der Waals surface area contributed by atoms with Gasteiger partial charge in [-0.05, 0) is 49.2 Å². The van der Waals surface area contributed by atoms with Crippen LogP contribution in [0.4, 0.5) is 0 Å². The number of carbonyl (C=O) groups is 2. The summed E-state index contributed by atoms with van der Waals surface area (Å²) in [6, 6.07) is 21.2. The number of rotatable bonds is 12. The molecule has 2 amide bonds. The van der Waals surface area contributed by atoms with Gasteiger partial charge < -0.3 is 19.1 Å². The van der Waals surface area contributed by atoms with Gasteiger partial charge in [0.1, 0.15) is 6.54 Å². The van der Waals surface area contributed by atoms with Crippen LogP contribution in [-0.2, 0) is 29.7 Å². The summed E-state index contributed by atoms with van der Waals surface area (Å²) in [4.78, 5) is 30.4. The second-order valence-corrected chi connectivity index (χ2v) is 9.05. The van der Waals surface area contributed by atoms with Crippen LogP contribution in [0.2, 0.25) is 0 Å². The first kappa shape index (κ1) is 25.7. The molecular weight excluding hydrogens is 494 g/mol. The van der Waals surface area contributed by atoms with Crippen LogP contribution in [0, 0.1) is 0 Å². The molecule has 0 aliphatic rings. The van der Waals surface area contributed by atoms with Gasteiger partial charge >= 0.3 is 0 Å². The van der Waals surface area contributed by atoms with Crippen LogP contribution in [0.15, 0.2) is 77.4 Å². The average Bonchev–Trinajstić information content (AvgIpc) is 3.25. The molecule has 0 aliphatic carbocycles. The van der Waals surface area contributed by atoms with Crippen LogP contribution in [0.3, 0.4) is 0 Å². The van der Waals surface area contributed by atoms with Gasteiger partial charge in [0.15, 0.2) is 0 Å². The summed E-state index contributed by atoms with van der Waals surface area (Å²) in [5.74, 6) is -0.255. The van der Waals surface area contributed by atoms with Crippen molar-refractivity contribution in [2.75, 3.05) is 26.3 Å². The largest absolute Gasteiger partial charge is 0.382 e. The molecule has 0 unspecified atom stereocenters. The molecule has 3 aromatic rings. The van der Waals surface area contributed by atoms with Crippen LogP contribution < -0.4 is 0 Å². The van der Waals surface area contributed by atoms with Crippen LogP contribution in [-0.4, -0.2) is 52.5 Å². The summed E-state index contributed by atoms with van der Waals surface area (Å²) >= 11 is 3.44. The number of aryl methyl sites for hydroxylation is 1. The quantitative estimate of drug-likeness (QED) is 0.316. The second-order valence-electron chi connectivity index (χ2n) is 8.13. The topological polar surface area (TPSA) is 54.8 Å². The molecule has 0 spiro atoms. The van der Waals surface area contributed by atoms with Gasteiger partial charge in [0.2, 0.25) is 5.91 Å². The van der Waals surface area contributed by atoms with Crippen molar-refractivity contribution >= 4 is 27.7 Å². The van der Waals surface area contributed by atoms with Gasteiger partial charge in [-0.2, -0.15) is 0 Å². The van der Waals surface area contributed by atoms with E-state index in [4.69, 9.17) is 4.74 Å². The first-order valence-corrected chi connectivity index (χ1v) is 12.3. The molecule has 0 saturated heterocycles. The van der Waals surface area contributed by atoms with E-state index in [2.05, 4.69) is 15.9 Å². The summed E-state index contributed by atoms with van der Waals surface area (Å²) < 4.78 is 8.30. The van der Waals surface area contributed by atoms with Gasteiger partial charge in [-0.15, -0.1) is 0 Å². The zero-order valence-corrected chi connectivity index (χ0v) is 21.4. The van der Waals surface area contributed by atoms with Crippen LogP contribution in [0.1, 0.15) is 35.0 Å². The van der Waals surface area contributed by atoms with Gasteiger partial charge in [0, 0.05) is 55.3 Å². The van der Waals surface area contributed by atoms with Crippen molar-refractivity contribution in [1.82, 2.24) is 14.4 Å². The SMILES string of the molecule is CCOCCCN(CC(=O)N(Cc1ccccc1)Cc1cccn1C)C(=O)c1cccc(Br)c1. The van der Waals surface area contributed by atoms with E-state index in [1.807, 2.05) is 84.2 Å². The Labute approximate surface area is 210 Å². The lowest BCUT2D eigenvalue weighted by Crippen LogP contribution is -2.43. The molecule has 34 heavy (non-hydrogen) atoms. The maximum atomic E-state index is 13.6. The highest BCUT2D eigenvalue weighted by molar-refractivity contribution is 9.10. The van der Waals surface area contributed by atoms with Crippen molar-refractivity contribution in [1.29, 1.82) is 0 Å². The summed E-state index contributed by atoms with van der Waals surface area (Å²) in [6.45, 7) is 4.51. The number of hydrogen-bond acceptors (Lipinski definition) is 3. The Morgan fingerprint density at radius 3 is 2.44 bits per heavy atom. The Hall–Kier alpha value is -2.90. The second kappa shape index (κ2) is 13.1. The van der Waals surface area contributed by atoms with Gasteiger partial charge in [0.05, 0.1) is 6.54 Å². The van der Waals surface area contributed by atoms with Crippen molar-refractivity contribution in [3.05, 3.63) is 94.2 Å². The number of halogens is 1. The third-order valence-electron chi connectivity index (χ3n) is 5.58. The molecule has 0 fully saturated rings. The van der Waals surface area contributed by atoms with Crippen molar-refractivity contribution < 1.29 is 14.3 Å². The summed E-state index contributed by atoms with van der Waals surface area (Å²) in [5, 5.41) is 0. The van der Waals surface area contributed by atoms with Crippen molar-refractivity contribution in [2.45, 2.75) is 26.4 Å². The molecule has 6 nitrogen and oxygen atoms in total. The van der Waals surface area contributed by atoms with Gasteiger partial charge in [-0.25, -0.2) is 0 Å². The third kappa shape index (κ3) is 7.57. The zero-order valence-electron chi connectivity index (χ0n) is 19.8. The van der Waals surface area contributed by atoms with E-state index in [1.165, 1.54) is 0 Å². The lowest BCUT2D eigenvalue weighted by Gasteiger charge is -2.28. The molecule has 7 heteroatoms. The predicted molar refractivity (Wildman–Crippen MR) is 137 cm³/mol.